The molecule has 142 valence electrons. The SMILES string of the molecule is CC(=O)NCc1ccc(C(=O)NCC2CCN(c3ccncc3)CC2)cc1. The lowest BCUT2D eigenvalue weighted by molar-refractivity contribution is -0.119. The minimum absolute atomic E-state index is 0.0439. The molecule has 0 bridgehead atoms. The monoisotopic (exact) mass is 366 g/mol. The number of hydrogen-bond donors (Lipinski definition) is 2. The summed E-state index contributed by atoms with van der Waals surface area (Å²) in [5.41, 5.74) is 2.84. The Morgan fingerprint density at radius 2 is 1.70 bits per heavy atom. The van der Waals surface area contributed by atoms with Crippen LogP contribution in [0.4, 0.5) is 5.69 Å². The number of rotatable bonds is 6. The van der Waals surface area contributed by atoms with Gasteiger partial charge in [-0.05, 0) is 48.6 Å². The van der Waals surface area contributed by atoms with Crippen LogP contribution in [-0.2, 0) is 11.3 Å². The molecule has 1 aromatic heterocycles. The van der Waals surface area contributed by atoms with E-state index in [9.17, 15) is 9.59 Å². The number of aromatic nitrogens is 1. The van der Waals surface area contributed by atoms with Crippen LogP contribution < -0.4 is 15.5 Å². The molecule has 0 atom stereocenters. The van der Waals surface area contributed by atoms with E-state index in [0.29, 0.717) is 24.6 Å². The van der Waals surface area contributed by atoms with Crippen molar-refractivity contribution in [1.29, 1.82) is 0 Å². The second-order valence-corrected chi connectivity index (χ2v) is 6.95. The number of pyridine rings is 1. The van der Waals surface area contributed by atoms with E-state index in [0.717, 1.165) is 31.5 Å². The molecule has 3 rings (SSSR count). The summed E-state index contributed by atoms with van der Waals surface area (Å²) < 4.78 is 0. The third kappa shape index (κ3) is 5.54. The molecular formula is C21H26N4O2. The van der Waals surface area contributed by atoms with Crippen LogP contribution in [0.1, 0.15) is 35.7 Å². The van der Waals surface area contributed by atoms with Crippen LogP contribution >= 0.6 is 0 Å². The summed E-state index contributed by atoms with van der Waals surface area (Å²) in [7, 11) is 0. The van der Waals surface area contributed by atoms with Gasteiger partial charge in [0.15, 0.2) is 0 Å². The fourth-order valence-corrected chi connectivity index (χ4v) is 3.29. The van der Waals surface area contributed by atoms with E-state index in [4.69, 9.17) is 0 Å². The first-order valence-electron chi connectivity index (χ1n) is 9.38. The number of anilines is 1. The van der Waals surface area contributed by atoms with Crippen molar-refractivity contribution in [3.63, 3.8) is 0 Å². The largest absolute Gasteiger partial charge is 0.371 e. The molecule has 1 fully saturated rings. The lowest BCUT2D eigenvalue weighted by atomic mass is 9.96. The summed E-state index contributed by atoms with van der Waals surface area (Å²) in [6, 6.07) is 11.4. The highest BCUT2D eigenvalue weighted by Crippen LogP contribution is 2.22. The molecule has 0 spiro atoms. The van der Waals surface area contributed by atoms with E-state index >= 15 is 0 Å². The lowest BCUT2D eigenvalue weighted by Gasteiger charge is -2.33. The highest BCUT2D eigenvalue weighted by Gasteiger charge is 2.20. The van der Waals surface area contributed by atoms with E-state index < -0.39 is 0 Å². The third-order valence-electron chi connectivity index (χ3n) is 4.95. The van der Waals surface area contributed by atoms with Crippen molar-refractivity contribution in [2.24, 2.45) is 5.92 Å². The summed E-state index contributed by atoms with van der Waals surface area (Å²) in [4.78, 5) is 29.7. The molecule has 2 N–H and O–H groups in total. The van der Waals surface area contributed by atoms with Gasteiger partial charge in [0.25, 0.3) is 5.91 Å². The Morgan fingerprint density at radius 3 is 2.33 bits per heavy atom. The Labute approximate surface area is 160 Å². The van der Waals surface area contributed by atoms with Crippen LogP contribution in [0.2, 0.25) is 0 Å². The first-order valence-corrected chi connectivity index (χ1v) is 9.38. The maximum absolute atomic E-state index is 12.4. The minimum Gasteiger partial charge on any atom is -0.371 e. The van der Waals surface area contributed by atoms with E-state index in [-0.39, 0.29) is 11.8 Å². The standard InChI is InChI=1S/C21H26N4O2/c1-16(26)23-14-17-2-4-19(5-3-17)21(27)24-15-18-8-12-25(13-9-18)20-6-10-22-11-7-20/h2-7,10-11,18H,8-9,12-15H2,1H3,(H,23,26)(H,24,27). The van der Waals surface area contributed by atoms with Crippen LogP contribution in [0.3, 0.4) is 0 Å². The Bertz CT molecular complexity index is 754. The van der Waals surface area contributed by atoms with Gasteiger partial charge >= 0.3 is 0 Å². The number of benzene rings is 1. The highest BCUT2D eigenvalue weighted by atomic mass is 16.2. The van der Waals surface area contributed by atoms with Crippen LogP contribution in [-0.4, -0.2) is 36.4 Å². The summed E-state index contributed by atoms with van der Waals surface area (Å²) in [6.45, 7) is 4.68. The van der Waals surface area contributed by atoms with Gasteiger partial charge in [0.2, 0.25) is 5.91 Å². The number of carbonyl (C=O) groups is 2. The molecule has 2 aromatic rings. The highest BCUT2D eigenvalue weighted by molar-refractivity contribution is 5.94. The van der Waals surface area contributed by atoms with E-state index in [1.54, 1.807) is 12.1 Å². The zero-order valence-corrected chi connectivity index (χ0v) is 15.6. The second kappa shape index (κ2) is 9.16. The molecule has 2 amide bonds. The van der Waals surface area contributed by atoms with Crippen molar-refractivity contribution in [1.82, 2.24) is 15.6 Å². The second-order valence-electron chi connectivity index (χ2n) is 6.95. The molecule has 0 aliphatic carbocycles. The normalized spacial score (nSPS) is 14.6. The number of piperidine rings is 1. The smallest absolute Gasteiger partial charge is 0.251 e. The first-order chi connectivity index (χ1) is 13.1. The summed E-state index contributed by atoms with van der Waals surface area (Å²) >= 11 is 0. The van der Waals surface area contributed by atoms with Gasteiger partial charge in [-0.1, -0.05) is 12.1 Å². The summed E-state index contributed by atoms with van der Waals surface area (Å²) in [6.07, 6.45) is 5.78. The number of nitrogens with one attached hydrogen (secondary N) is 2. The molecule has 2 heterocycles. The van der Waals surface area contributed by atoms with Gasteiger partial charge in [-0.25, -0.2) is 0 Å². The Morgan fingerprint density at radius 1 is 1.04 bits per heavy atom. The van der Waals surface area contributed by atoms with Gasteiger partial charge in [0.1, 0.15) is 0 Å². The van der Waals surface area contributed by atoms with Crippen molar-refractivity contribution in [2.75, 3.05) is 24.5 Å². The molecule has 1 aliphatic rings. The number of carbonyl (C=O) groups excluding carboxylic acids is 2. The molecule has 1 saturated heterocycles. The molecule has 0 unspecified atom stereocenters. The maximum Gasteiger partial charge on any atom is 0.251 e. The van der Waals surface area contributed by atoms with Crippen molar-refractivity contribution in [3.8, 4) is 0 Å². The van der Waals surface area contributed by atoms with Crippen molar-refractivity contribution in [2.45, 2.75) is 26.3 Å². The van der Waals surface area contributed by atoms with Gasteiger partial charge < -0.3 is 15.5 Å². The molecule has 0 radical (unpaired) electrons. The molecule has 1 aliphatic heterocycles. The lowest BCUT2D eigenvalue weighted by Crippen LogP contribution is -2.38. The number of amides is 2. The number of nitrogens with zero attached hydrogens (tertiary/aromatic N) is 2. The summed E-state index contributed by atoms with van der Waals surface area (Å²) in [5, 5.41) is 5.80. The fraction of sp³-hybridized carbons (Fsp3) is 0.381. The maximum atomic E-state index is 12.4. The molecule has 27 heavy (non-hydrogen) atoms. The zero-order chi connectivity index (χ0) is 19.1. The van der Waals surface area contributed by atoms with Gasteiger partial charge in [-0.2, -0.15) is 0 Å². The van der Waals surface area contributed by atoms with Gasteiger partial charge in [-0.3, -0.25) is 14.6 Å². The van der Waals surface area contributed by atoms with Crippen molar-refractivity contribution >= 4 is 17.5 Å². The summed E-state index contributed by atoms with van der Waals surface area (Å²) in [5.74, 6) is 0.399. The van der Waals surface area contributed by atoms with Crippen molar-refractivity contribution in [3.05, 3.63) is 59.9 Å². The Balaban J connectivity index is 1.42. The topological polar surface area (TPSA) is 74.3 Å². The quantitative estimate of drug-likeness (QED) is 0.823. The average Bonchev–Trinajstić information content (AvgIpc) is 2.72. The van der Waals surface area contributed by atoms with Crippen molar-refractivity contribution < 1.29 is 9.59 Å². The average molecular weight is 366 g/mol. The van der Waals surface area contributed by atoms with Crippen LogP contribution in [0.15, 0.2) is 48.8 Å². The van der Waals surface area contributed by atoms with Gasteiger partial charge in [0, 0.05) is 56.7 Å². The third-order valence-corrected chi connectivity index (χ3v) is 4.95. The molecule has 6 nitrogen and oxygen atoms in total. The van der Waals surface area contributed by atoms with Crippen LogP contribution in [0.5, 0.6) is 0 Å². The predicted octanol–water partition coefficient (Wildman–Crippen LogP) is 2.36. The molecule has 6 heteroatoms. The number of hydrogen-bond acceptors (Lipinski definition) is 4. The minimum atomic E-state index is -0.0631. The van der Waals surface area contributed by atoms with E-state index in [1.165, 1.54) is 12.6 Å². The van der Waals surface area contributed by atoms with E-state index in [2.05, 4.69) is 20.5 Å². The van der Waals surface area contributed by atoms with Gasteiger partial charge in [0.05, 0.1) is 0 Å². The van der Waals surface area contributed by atoms with Crippen LogP contribution in [0.25, 0.3) is 0 Å². The molecule has 0 saturated carbocycles. The zero-order valence-electron chi connectivity index (χ0n) is 15.6. The van der Waals surface area contributed by atoms with Crippen LogP contribution in [0, 0.1) is 5.92 Å². The molecule has 1 aromatic carbocycles. The predicted molar refractivity (Wildman–Crippen MR) is 105 cm³/mol. The van der Waals surface area contributed by atoms with Gasteiger partial charge in [-0.15, -0.1) is 0 Å². The molecular weight excluding hydrogens is 340 g/mol. The first kappa shape index (κ1) is 18.9. The van der Waals surface area contributed by atoms with E-state index in [1.807, 2.05) is 36.7 Å². The Kier molecular flexibility index (Phi) is 6.41. The fourth-order valence-electron chi connectivity index (χ4n) is 3.29. The Hall–Kier alpha value is -2.89.